The molecule has 0 aliphatic carbocycles. The molecule has 1 amide bonds. The highest BCUT2D eigenvalue weighted by Gasteiger charge is 2.26. The standard InChI is InChI=1S/C30H28N4O5S/c1-5-20(33-29(38)39-30(2,3)4)25-31-22-13-9-12-19(24(22)27(35)34(25)18-10-7-6-8-11-18)26-32-21-15-14-17(28(36)37)16-23(21)40-26/h6-16,20H,5H2,1-4H3,(H,33,38)(H,36,37). The second kappa shape index (κ2) is 10.5. The number of ether oxygens (including phenoxy) is 1. The average molecular weight is 557 g/mol. The molecular weight excluding hydrogens is 528 g/mol. The quantitative estimate of drug-likeness (QED) is 0.250. The largest absolute Gasteiger partial charge is 0.478 e. The highest BCUT2D eigenvalue weighted by atomic mass is 32.1. The molecule has 0 fully saturated rings. The summed E-state index contributed by atoms with van der Waals surface area (Å²) in [4.78, 5) is 48.1. The maximum absolute atomic E-state index is 14.3. The number of carbonyl (C=O) groups excluding carboxylic acids is 1. The first kappa shape index (κ1) is 27.0. The number of amides is 1. The van der Waals surface area contributed by atoms with Crippen molar-refractivity contribution in [3.63, 3.8) is 0 Å². The maximum Gasteiger partial charge on any atom is 0.408 e. The lowest BCUT2D eigenvalue weighted by Crippen LogP contribution is -2.37. The Morgan fingerprint density at radius 2 is 1.77 bits per heavy atom. The fourth-order valence-corrected chi connectivity index (χ4v) is 5.49. The van der Waals surface area contributed by atoms with E-state index >= 15 is 0 Å². The third-order valence-electron chi connectivity index (χ3n) is 6.21. The third kappa shape index (κ3) is 5.30. The number of thiazole rings is 1. The van der Waals surface area contributed by atoms with Gasteiger partial charge >= 0.3 is 12.1 Å². The maximum atomic E-state index is 14.3. The molecule has 1 atom stereocenters. The molecule has 204 valence electrons. The Labute approximate surface area is 234 Å². The predicted molar refractivity (Wildman–Crippen MR) is 155 cm³/mol. The summed E-state index contributed by atoms with van der Waals surface area (Å²) in [6.07, 6.45) is -0.134. The topological polar surface area (TPSA) is 123 Å². The lowest BCUT2D eigenvalue weighted by atomic mass is 10.1. The zero-order valence-electron chi connectivity index (χ0n) is 22.5. The molecule has 5 rings (SSSR count). The van der Waals surface area contributed by atoms with E-state index in [0.29, 0.717) is 49.6 Å². The van der Waals surface area contributed by atoms with E-state index < -0.39 is 23.7 Å². The summed E-state index contributed by atoms with van der Waals surface area (Å²) < 4.78 is 7.70. The number of benzene rings is 3. The van der Waals surface area contributed by atoms with Crippen LogP contribution in [0.5, 0.6) is 0 Å². The van der Waals surface area contributed by atoms with Gasteiger partial charge in [-0.2, -0.15) is 0 Å². The molecule has 40 heavy (non-hydrogen) atoms. The molecule has 1 unspecified atom stereocenters. The van der Waals surface area contributed by atoms with Crippen LogP contribution in [-0.4, -0.2) is 37.3 Å². The smallest absolute Gasteiger partial charge is 0.408 e. The van der Waals surface area contributed by atoms with Gasteiger partial charge in [0.1, 0.15) is 16.4 Å². The third-order valence-corrected chi connectivity index (χ3v) is 7.27. The predicted octanol–water partition coefficient (Wildman–Crippen LogP) is 6.34. The number of nitrogens with zero attached hydrogens (tertiary/aromatic N) is 3. The molecule has 0 saturated carbocycles. The van der Waals surface area contributed by atoms with Crippen molar-refractivity contribution in [1.82, 2.24) is 19.9 Å². The first-order chi connectivity index (χ1) is 19.1. The Morgan fingerprint density at radius 1 is 1.02 bits per heavy atom. The second-order valence-corrected chi connectivity index (χ2v) is 11.3. The van der Waals surface area contributed by atoms with Crippen molar-refractivity contribution >= 4 is 44.5 Å². The molecule has 10 heteroatoms. The van der Waals surface area contributed by atoms with Crippen molar-refractivity contribution in [2.24, 2.45) is 0 Å². The van der Waals surface area contributed by atoms with Crippen molar-refractivity contribution in [3.05, 3.63) is 88.5 Å². The minimum Gasteiger partial charge on any atom is -0.478 e. The second-order valence-electron chi connectivity index (χ2n) is 10.3. The fraction of sp³-hybridized carbons (Fsp3) is 0.233. The number of fused-ring (bicyclic) bond motifs is 2. The Balaban J connectivity index is 1.72. The molecule has 0 saturated heterocycles. The summed E-state index contributed by atoms with van der Waals surface area (Å²) in [5.41, 5.74) is 1.47. The summed E-state index contributed by atoms with van der Waals surface area (Å²) in [5.74, 6) is -0.639. The zero-order valence-corrected chi connectivity index (χ0v) is 23.3. The SMILES string of the molecule is CCC(NC(=O)OC(C)(C)C)c1nc2cccc(-c3nc4ccc(C(=O)O)cc4s3)c2c(=O)n1-c1ccccc1. The van der Waals surface area contributed by atoms with Gasteiger partial charge in [-0.3, -0.25) is 9.36 Å². The minimum atomic E-state index is -1.02. The van der Waals surface area contributed by atoms with Crippen molar-refractivity contribution in [1.29, 1.82) is 0 Å². The van der Waals surface area contributed by atoms with Gasteiger partial charge < -0.3 is 15.2 Å². The van der Waals surface area contributed by atoms with Crippen LogP contribution in [0.15, 0.2) is 71.5 Å². The molecule has 0 radical (unpaired) electrons. The van der Waals surface area contributed by atoms with Gasteiger partial charge in [-0.05, 0) is 63.6 Å². The molecule has 2 N–H and O–H groups in total. The molecule has 2 aromatic heterocycles. The van der Waals surface area contributed by atoms with E-state index in [2.05, 4.69) is 5.32 Å². The number of carboxylic acids is 1. The number of nitrogens with one attached hydrogen (secondary N) is 1. The Morgan fingerprint density at radius 3 is 2.45 bits per heavy atom. The zero-order chi connectivity index (χ0) is 28.6. The molecule has 9 nitrogen and oxygen atoms in total. The van der Waals surface area contributed by atoms with Crippen LogP contribution in [-0.2, 0) is 4.74 Å². The molecule has 0 aliphatic heterocycles. The molecule has 3 aromatic carbocycles. The van der Waals surface area contributed by atoms with E-state index in [9.17, 15) is 19.5 Å². The van der Waals surface area contributed by atoms with Gasteiger partial charge in [0.05, 0.1) is 38.4 Å². The normalized spacial score (nSPS) is 12.4. The Kier molecular flexibility index (Phi) is 7.12. The van der Waals surface area contributed by atoms with E-state index in [1.54, 1.807) is 45.0 Å². The monoisotopic (exact) mass is 556 g/mol. The van der Waals surface area contributed by atoms with E-state index in [1.807, 2.05) is 43.3 Å². The van der Waals surface area contributed by atoms with Crippen LogP contribution in [0.25, 0.3) is 37.4 Å². The number of aromatic carboxylic acids is 1. The number of hydrogen-bond acceptors (Lipinski definition) is 7. The Hall–Kier alpha value is -4.57. The highest BCUT2D eigenvalue weighted by Crippen LogP contribution is 2.34. The molecule has 5 aromatic rings. The van der Waals surface area contributed by atoms with Crippen molar-refractivity contribution < 1.29 is 19.4 Å². The molecule has 0 bridgehead atoms. The van der Waals surface area contributed by atoms with Crippen LogP contribution in [0.2, 0.25) is 0 Å². The van der Waals surface area contributed by atoms with Crippen molar-refractivity contribution in [2.45, 2.75) is 45.8 Å². The van der Waals surface area contributed by atoms with Crippen LogP contribution in [0.1, 0.15) is 56.3 Å². The molecule has 0 spiro atoms. The van der Waals surface area contributed by atoms with Gasteiger partial charge in [0.25, 0.3) is 5.56 Å². The minimum absolute atomic E-state index is 0.168. The van der Waals surface area contributed by atoms with Crippen LogP contribution < -0.4 is 10.9 Å². The van der Waals surface area contributed by atoms with E-state index in [1.165, 1.54) is 22.0 Å². The van der Waals surface area contributed by atoms with Gasteiger partial charge in [0, 0.05) is 5.56 Å². The van der Waals surface area contributed by atoms with E-state index in [4.69, 9.17) is 14.7 Å². The molecule has 0 aliphatic rings. The summed E-state index contributed by atoms with van der Waals surface area (Å²) in [6.45, 7) is 7.26. The number of hydrogen-bond donors (Lipinski definition) is 2. The summed E-state index contributed by atoms with van der Waals surface area (Å²) in [6, 6.07) is 18.7. The number of carbonyl (C=O) groups is 2. The number of alkyl carbamates (subject to hydrolysis) is 1. The first-order valence-electron chi connectivity index (χ1n) is 12.8. The fourth-order valence-electron chi connectivity index (χ4n) is 4.46. The number of rotatable bonds is 6. The van der Waals surface area contributed by atoms with E-state index in [0.717, 1.165) is 0 Å². The first-order valence-corrected chi connectivity index (χ1v) is 13.6. The van der Waals surface area contributed by atoms with Gasteiger partial charge in [-0.15, -0.1) is 11.3 Å². The molecular formula is C30H28N4O5S. The van der Waals surface area contributed by atoms with Gasteiger partial charge in [0.15, 0.2) is 0 Å². The van der Waals surface area contributed by atoms with Crippen LogP contribution in [0, 0.1) is 0 Å². The summed E-state index contributed by atoms with van der Waals surface area (Å²) in [5, 5.41) is 13.2. The van der Waals surface area contributed by atoms with Gasteiger partial charge in [-0.1, -0.05) is 37.3 Å². The van der Waals surface area contributed by atoms with Crippen LogP contribution >= 0.6 is 11.3 Å². The van der Waals surface area contributed by atoms with Gasteiger partial charge in [-0.25, -0.2) is 19.6 Å². The van der Waals surface area contributed by atoms with Crippen molar-refractivity contribution in [2.75, 3.05) is 0 Å². The number of para-hydroxylation sites is 1. The van der Waals surface area contributed by atoms with Gasteiger partial charge in [0.2, 0.25) is 0 Å². The van der Waals surface area contributed by atoms with Crippen LogP contribution in [0.4, 0.5) is 4.79 Å². The lowest BCUT2D eigenvalue weighted by molar-refractivity contribution is 0.0498. The highest BCUT2D eigenvalue weighted by molar-refractivity contribution is 7.21. The Bertz CT molecular complexity index is 1800. The van der Waals surface area contributed by atoms with E-state index in [-0.39, 0.29) is 11.1 Å². The summed E-state index contributed by atoms with van der Waals surface area (Å²) >= 11 is 1.31. The van der Waals surface area contributed by atoms with Crippen molar-refractivity contribution in [3.8, 4) is 16.3 Å². The average Bonchev–Trinajstić information content (AvgIpc) is 3.34. The van der Waals surface area contributed by atoms with Crippen LogP contribution in [0.3, 0.4) is 0 Å². The summed E-state index contributed by atoms with van der Waals surface area (Å²) in [7, 11) is 0. The molecule has 2 heterocycles. The number of carboxylic acid groups (broad SMARTS) is 1. The lowest BCUT2D eigenvalue weighted by Gasteiger charge is -2.25. The number of aromatic nitrogens is 3.